The fourth-order valence-electron chi connectivity index (χ4n) is 4.81. The van der Waals surface area contributed by atoms with Crippen LogP contribution in [0, 0.1) is 18.3 Å². The highest BCUT2D eigenvalue weighted by atomic mass is 32.1. The Morgan fingerprint density at radius 3 is 2.77 bits per heavy atom. The van der Waals surface area contributed by atoms with Gasteiger partial charge >= 0.3 is 0 Å². The van der Waals surface area contributed by atoms with Crippen molar-refractivity contribution in [3.63, 3.8) is 0 Å². The molecule has 4 aromatic rings. The normalized spacial score (nSPS) is 16.6. The zero-order valence-electron chi connectivity index (χ0n) is 18.4. The number of aryl methyl sites for hydroxylation is 1. The zero-order chi connectivity index (χ0) is 21.7. The number of pyridine rings is 1. The van der Waals surface area contributed by atoms with Crippen molar-refractivity contribution in [3.8, 4) is 17.3 Å². The van der Waals surface area contributed by atoms with E-state index >= 15 is 0 Å². The number of hydrogen-bond donors (Lipinski definition) is 0. The number of nitrogens with zero attached hydrogens (tertiary/aromatic N) is 6. The monoisotopic (exact) mass is 430 g/mol. The van der Waals surface area contributed by atoms with Crippen molar-refractivity contribution < 1.29 is 0 Å². The molecule has 1 aromatic carbocycles. The predicted molar refractivity (Wildman–Crippen MR) is 127 cm³/mol. The van der Waals surface area contributed by atoms with Gasteiger partial charge in [0.05, 0.1) is 33.5 Å². The molecule has 7 heteroatoms. The van der Waals surface area contributed by atoms with Gasteiger partial charge in [-0.3, -0.25) is 9.30 Å². The van der Waals surface area contributed by atoms with Crippen LogP contribution in [-0.4, -0.2) is 46.1 Å². The van der Waals surface area contributed by atoms with Gasteiger partial charge < -0.3 is 4.90 Å². The number of benzene rings is 1. The summed E-state index contributed by atoms with van der Waals surface area (Å²) in [5.41, 5.74) is 6.26. The van der Waals surface area contributed by atoms with Crippen LogP contribution in [0.25, 0.3) is 27.9 Å². The van der Waals surface area contributed by atoms with Crippen molar-refractivity contribution in [2.75, 3.05) is 25.5 Å². The minimum atomic E-state index is 0.291. The van der Waals surface area contributed by atoms with Crippen LogP contribution in [0.15, 0.2) is 29.6 Å². The van der Waals surface area contributed by atoms with Crippen LogP contribution in [0.5, 0.6) is 0 Å². The average molecular weight is 431 g/mol. The summed E-state index contributed by atoms with van der Waals surface area (Å²) in [6.45, 7) is 5.14. The van der Waals surface area contributed by atoms with Gasteiger partial charge in [-0.2, -0.15) is 5.26 Å². The fraction of sp³-hybridized carbons (Fsp3) is 0.375. The summed E-state index contributed by atoms with van der Waals surface area (Å²) < 4.78 is 2.20. The van der Waals surface area contributed by atoms with Crippen molar-refractivity contribution in [1.29, 1.82) is 5.26 Å². The lowest BCUT2D eigenvalue weighted by Crippen LogP contribution is -2.41. The lowest BCUT2D eigenvalue weighted by atomic mass is 10.0. The van der Waals surface area contributed by atoms with Gasteiger partial charge in [0, 0.05) is 17.5 Å². The van der Waals surface area contributed by atoms with E-state index in [9.17, 15) is 5.26 Å². The molecular formula is C24H26N6S. The smallest absolute Gasteiger partial charge is 0.157 e. The van der Waals surface area contributed by atoms with Crippen molar-refractivity contribution in [2.24, 2.45) is 0 Å². The van der Waals surface area contributed by atoms with E-state index in [0.717, 1.165) is 70.1 Å². The van der Waals surface area contributed by atoms with E-state index in [1.165, 1.54) is 0 Å². The molecule has 4 heterocycles. The maximum Gasteiger partial charge on any atom is 0.157 e. The third-order valence-corrected chi connectivity index (χ3v) is 7.27. The van der Waals surface area contributed by atoms with Gasteiger partial charge in [-0.1, -0.05) is 19.1 Å². The maximum absolute atomic E-state index is 10.1. The Kier molecular flexibility index (Phi) is 4.92. The van der Waals surface area contributed by atoms with Gasteiger partial charge in [-0.05, 0) is 58.0 Å². The minimum Gasteiger partial charge on any atom is -0.341 e. The molecule has 0 amide bonds. The third-order valence-electron chi connectivity index (χ3n) is 6.28. The largest absolute Gasteiger partial charge is 0.341 e. The van der Waals surface area contributed by atoms with Gasteiger partial charge in [-0.15, -0.1) is 11.3 Å². The molecule has 6 nitrogen and oxygen atoms in total. The summed E-state index contributed by atoms with van der Waals surface area (Å²) in [5, 5.41) is 13.4. The molecule has 0 aliphatic carbocycles. The van der Waals surface area contributed by atoms with E-state index in [-0.39, 0.29) is 0 Å². The first kappa shape index (κ1) is 20.0. The molecule has 0 N–H and O–H groups in total. The Bertz CT molecular complexity index is 1330. The van der Waals surface area contributed by atoms with Crippen LogP contribution in [0.2, 0.25) is 0 Å². The second-order valence-corrected chi connectivity index (χ2v) is 9.27. The number of rotatable bonds is 4. The number of nitriles is 1. The number of fused-ring (bicyclic) bond motifs is 3. The van der Waals surface area contributed by atoms with Crippen LogP contribution in [0.1, 0.15) is 35.9 Å². The Balaban J connectivity index is 1.95. The molecule has 31 heavy (non-hydrogen) atoms. The Hall–Kier alpha value is -2.95. The van der Waals surface area contributed by atoms with E-state index in [1.807, 2.05) is 25.1 Å². The number of thiazole rings is 1. The van der Waals surface area contributed by atoms with E-state index in [2.05, 4.69) is 52.7 Å². The topological polar surface area (TPSA) is 60.5 Å². The molecule has 1 fully saturated rings. The van der Waals surface area contributed by atoms with E-state index in [1.54, 1.807) is 11.3 Å². The predicted octanol–water partition coefficient (Wildman–Crippen LogP) is 4.84. The molecule has 158 valence electrons. The van der Waals surface area contributed by atoms with Crippen molar-refractivity contribution in [1.82, 2.24) is 19.3 Å². The van der Waals surface area contributed by atoms with E-state index < -0.39 is 0 Å². The molecule has 0 bridgehead atoms. The first-order chi connectivity index (χ1) is 15.0. The first-order valence-corrected chi connectivity index (χ1v) is 11.6. The Labute approximate surface area is 186 Å². The molecule has 0 spiro atoms. The molecule has 0 saturated carbocycles. The maximum atomic E-state index is 10.1. The zero-order valence-corrected chi connectivity index (χ0v) is 19.2. The number of aromatic nitrogens is 3. The second-order valence-electron chi connectivity index (χ2n) is 8.33. The third kappa shape index (κ3) is 3.01. The van der Waals surface area contributed by atoms with Crippen molar-refractivity contribution in [2.45, 2.75) is 39.3 Å². The lowest BCUT2D eigenvalue weighted by molar-refractivity contribution is 0.300. The molecule has 3 aromatic heterocycles. The molecule has 5 rings (SSSR count). The number of imidazole rings is 1. The van der Waals surface area contributed by atoms with Crippen LogP contribution in [-0.2, 0) is 6.42 Å². The van der Waals surface area contributed by atoms with Gasteiger partial charge in [-0.25, -0.2) is 9.97 Å². The highest BCUT2D eigenvalue weighted by molar-refractivity contribution is 7.09. The molecular weight excluding hydrogens is 404 g/mol. The summed E-state index contributed by atoms with van der Waals surface area (Å²) >= 11 is 1.69. The highest BCUT2D eigenvalue weighted by Gasteiger charge is 2.33. The lowest BCUT2D eigenvalue weighted by Gasteiger charge is -2.34. The first-order valence-electron chi connectivity index (χ1n) is 10.8. The standard InChI is InChI=1S/C24H26N6S/c1-5-20-26-18(14-31-20)22-15(2)16(13-25)23-27-17-9-6-7-10-19(17)30(23)24(22)29-12-8-11-21(29)28(3)4/h6-7,9-10,14,21H,5,8,11-12H2,1-4H3. The van der Waals surface area contributed by atoms with Crippen LogP contribution in [0.4, 0.5) is 5.82 Å². The van der Waals surface area contributed by atoms with Gasteiger partial charge in [0.2, 0.25) is 0 Å². The fourth-order valence-corrected chi connectivity index (χ4v) is 5.55. The minimum absolute atomic E-state index is 0.291. The SMILES string of the molecule is CCc1nc(-c2c(C)c(C#N)c3nc4ccccc4n3c2N2CCCC2N(C)C)cs1. The summed E-state index contributed by atoms with van der Waals surface area (Å²) in [7, 11) is 4.28. The summed E-state index contributed by atoms with van der Waals surface area (Å²) in [6, 6.07) is 10.6. The van der Waals surface area contributed by atoms with E-state index in [0.29, 0.717) is 11.7 Å². The number of para-hydroxylation sites is 2. The molecule has 1 atom stereocenters. The van der Waals surface area contributed by atoms with Gasteiger partial charge in [0.25, 0.3) is 0 Å². The molecule has 1 aliphatic rings. The Morgan fingerprint density at radius 1 is 1.26 bits per heavy atom. The van der Waals surface area contributed by atoms with Crippen LogP contribution in [0.3, 0.4) is 0 Å². The average Bonchev–Trinajstić information content (AvgIpc) is 3.50. The summed E-state index contributed by atoms with van der Waals surface area (Å²) in [6.07, 6.45) is 3.44. The number of anilines is 1. The summed E-state index contributed by atoms with van der Waals surface area (Å²) in [5.74, 6) is 1.10. The molecule has 1 aliphatic heterocycles. The number of hydrogen-bond acceptors (Lipinski definition) is 6. The quantitative estimate of drug-likeness (QED) is 0.464. The van der Waals surface area contributed by atoms with Crippen LogP contribution >= 0.6 is 11.3 Å². The Morgan fingerprint density at radius 2 is 2.06 bits per heavy atom. The molecule has 0 radical (unpaired) electrons. The van der Waals surface area contributed by atoms with Gasteiger partial charge in [0.15, 0.2) is 5.65 Å². The van der Waals surface area contributed by atoms with Crippen molar-refractivity contribution >= 4 is 33.8 Å². The molecule has 1 unspecified atom stereocenters. The van der Waals surface area contributed by atoms with Crippen LogP contribution < -0.4 is 4.90 Å². The molecule has 1 saturated heterocycles. The van der Waals surface area contributed by atoms with Crippen molar-refractivity contribution in [3.05, 3.63) is 45.8 Å². The summed E-state index contributed by atoms with van der Waals surface area (Å²) in [4.78, 5) is 14.6. The van der Waals surface area contributed by atoms with Gasteiger partial charge in [0.1, 0.15) is 11.9 Å². The van der Waals surface area contributed by atoms with E-state index in [4.69, 9.17) is 9.97 Å². The second kappa shape index (κ2) is 7.63. The highest BCUT2D eigenvalue weighted by Crippen LogP contribution is 2.42.